The number of rotatable bonds is 4. The number of primary amides is 1. The maximum absolute atomic E-state index is 15.1. The molecule has 3 unspecified atom stereocenters. The average molecular weight is 426 g/mol. The first kappa shape index (κ1) is 20.4. The molecule has 1 spiro atoms. The highest BCUT2D eigenvalue weighted by atomic mass is 35.5. The first-order chi connectivity index (χ1) is 13.7. The molecule has 4 atom stereocenters. The number of hydrogen-bond acceptors (Lipinski definition) is 2. The van der Waals surface area contributed by atoms with Gasteiger partial charge in [-0.15, -0.1) is 0 Å². The topological polar surface area (TPSA) is 75.4 Å². The molecule has 1 aromatic rings. The largest absolute Gasteiger partial charge is 0.369 e. The van der Waals surface area contributed by atoms with Crippen molar-refractivity contribution in [3.05, 3.63) is 34.4 Å². The molecule has 0 radical (unpaired) electrons. The Balaban J connectivity index is 1.83. The van der Waals surface area contributed by atoms with E-state index in [0.717, 1.165) is 25.7 Å². The number of carbonyl (C=O) groups excluding carboxylic acids is 2. The third-order valence-electron chi connectivity index (χ3n) is 7.32. The van der Waals surface area contributed by atoms with E-state index in [1.165, 1.54) is 12.1 Å². The zero-order valence-electron chi connectivity index (χ0n) is 16.4. The molecule has 1 saturated heterocycles. The van der Waals surface area contributed by atoms with Crippen LogP contribution in [0.4, 0.5) is 13.6 Å². The molecule has 1 aliphatic heterocycles. The SMILES string of the molecule is CN1CCC2(CC(C(N)=O)C2[C@@H](c2c(F)ccc(Cl)c2F)C2CCCC2)NC1=O. The van der Waals surface area contributed by atoms with Crippen molar-refractivity contribution in [1.82, 2.24) is 10.2 Å². The minimum Gasteiger partial charge on any atom is -0.369 e. The fraction of sp³-hybridized carbons (Fsp3) is 0.619. The van der Waals surface area contributed by atoms with Crippen molar-refractivity contribution >= 4 is 23.5 Å². The van der Waals surface area contributed by atoms with Gasteiger partial charge in [0.2, 0.25) is 5.91 Å². The van der Waals surface area contributed by atoms with E-state index in [0.29, 0.717) is 19.4 Å². The molecule has 2 saturated carbocycles. The van der Waals surface area contributed by atoms with Crippen molar-refractivity contribution in [2.45, 2.75) is 50.0 Å². The van der Waals surface area contributed by atoms with Crippen molar-refractivity contribution in [2.24, 2.45) is 23.5 Å². The highest BCUT2D eigenvalue weighted by Crippen LogP contribution is 2.58. The molecule has 3 fully saturated rings. The summed E-state index contributed by atoms with van der Waals surface area (Å²) >= 11 is 6.01. The fourth-order valence-corrected chi connectivity index (χ4v) is 6.03. The second-order valence-corrected chi connectivity index (χ2v) is 9.23. The lowest BCUT2D eigenvalue weighted by atomic mass is 9.49. The molecule has 29 heavy (non-hydrogen) atoms. The summed E-state index contributed by atoms with van der Waals surface area (Å²) < 4.78 is 30.1. The lowest BCUT2D eigenvalue weighted by molar-refractivity contribution is -0.137. The highest BCUT2D eigenvalue weighted by Gasteiger charge is 2.62. The Morgan fingerprint density at radius 1 is 1.34 bits per heavy atom. The first-order valence-corrected chi connectivity index (χ1v) is 10.6. The van der Waals surface area contributed by atoms with Crippen molar-refractivity contribution in [2.75, 3.05) is 13.6 Å². The highest BCUT2D eigenvalue weighted by molar-refractivity contribution is 6.30. The van der Waals surface area contributed by atoms with Crippen LogP contribution < -0.4 is 11.1 Å². The zero-order valence-corrected chi connectivity index (χ0v) is 17.1. The Kier molecular flexibility index (Phi) is 5.21. The molecule has 3 amide bonds. The van der Waals surface area contributed by atoms with Crippen LogP contribution in [-0.2, 0) is 4.79 Å². The summed E-state index contributed by atoms with van der Waals surface area (Å²) in [4.78, 5) is 26.2. The Hall–Kier alpha value is -1.89. The smallest absolute Gasteiger partial charge is 0.317 e. The summed E-state index contributed by atoms with van der Waals surface area (Å²) in [6.45, 7) is 0.520. The zero-order chi connectivity index (χ0) is 20.9. The molecule has 3 aliphatic rings. The molecule has 3 N–H and O–H groups in total. The lowest BCUT2D eigenvalue weighted by Crippen LogP contribution is -2.72. The molecule has 1 aromatic carbocycles. The van der Waals surface area contributed by atoms with Crippen LogP contribution in [0.25, 0.3) is 0 Å². The number of halogens is 3. The van der Waals surface area contributed by atoms with Crippen molar-refractivity contribution in [1.29, 1.82) is 0 Å². The van der Waals surface area contributed by atoms with E-state index >= 15 is 4.39 Å². The Bertz CT molecular complexity index is 845. The molecule has 0 bridgehead atoms. The quantitative estimate of drug-likeness (QED) is 0.720. The van der Waals surface area contributed by atoms with Crippen LogP contribution in [0.5, 0.6) is 0 Å². The third-order valence-corrected chi connectivity index (χ3v) is 7.62. The van der Waals surface area contributed by atoms with Gasteiger partial charge in [0.15, 0.2) is 0 Å². The van der Waals surface area contributed by atoms with Crippen LogP contribution in [0.15, 0.2) is 12.1 Å². The average Bonchev–Trinajstić information content (AvgIpc) is 3.19. The van der Waals surface area contributed by atoms with E-state index in [2.05, 4.69) is 5.32 Å². The van der Waals surface area contributed by atoms with Gasteiger partial charge in [-0.25, -0.2) is 13.6 Å². The number of nitrogens with zero attached hydrogens (tertiary/aromatic N) is 1. The van der Waals surface area contributed by atoms with Gasteiger partial charge in [0, 0.05) is 36.5 Å². The van der Waals surface area contributed by atoms with Gasteiger partial charge in [-0.2, -0.15) is 0 Å². The number of nitrogens with one attached hydrogen (secondary N) is 1. The molecule has 2 aliphatic carbocycles. The fourth-order valence-electron chi connectivity index (χ4n) is 5.87. The molecular weight excluding hydrogens is 400 g/mol. The maximum atomic E-state index is 15.1. The standard InChI is InChI=1S/C21H26ClF2N3O2/c1-27-9-8-21(26-20(27)29)10-12(19(25)28)17(21)15(11-4-2-3-5-11)16-14(23)7-6-13(22)18(16)24/h6-7,11-12,15,17H,2-5,8-10H2,1H3,(H2,25,28)(H,26,29)/t12?,15-,17?,21?/m1/s1. The van der Waals surface area contributed by atoms with Crippen molar-refractivity contribution in [3.8, 4) is 0 Å². The summed E-state index contributed by atoms with van der Waals surface area (Å²) in [7, 11) is 1.70. The molecular formula is C21H26ClF2N3O2. The Labute approximate surface area is 173 Å². The molecule has 1 heterocycles. The van der Waals surface area contributed by atoms with Crippen LogP contribution in [0, 0.1) is 29.4 Å². The molecule has 0 aromatic heterocycles. The maximum Gasteiger partial charge on any atom is 0.317 e. The molecule has 8 heteroatoms. The number of carbonyl (C=O) groups is 2. The van der Waals surface area contributed by atoms with E-state index in [4.69, 9.17) is 17.3 Å². The number of benzene rings is 1. The predicted molar refractivity (Wildman–Crippen MR) is 105 cm³/mol. The van der Waals surface area contributed by atoms with Crippen LogP contribution in [-0.4, -0.2) is 36.0 Å². The Morgan fingerprint density at radius 3 is 2.66 bits per heavy atom. The number of hydrogen-bond donors (Lipinski definition) is 2. The van der Waals surface area contributed by atoms with Crippen molar-refractivity contribution in [3.63, 3.8) is 0 Å². The number of urea groups is 1. The predicted octanol–water partition coefficient (Wildman–Crippen LogP) is 3.80. The van der Waals surface area contributed by atoms with E-state index in [9.17, 15) is 14.0 Å². The van der Waals surface area contributed by atoms with Crippen molar-refractivity contribution < 1.29 is 18.4 Å². The van der Waals surface area contributed by atoms with Gasteiger partial charge in [-0.1, -0.05) is 24.4 Å². The third kappa shape index (κ3) is 3.27. The van der Waals surface area contributed by atoms with E-state index in [1.807, 2.05) is 0 Å². The number of nitrogens with two attached hydrogens (primary N) is 1. The van der Waals surface area contributed by atoms with E-state index < -0.39 is 40.8 Å². The Morgan fingerprint density at radius 2 is 2.03 bits per heavy atom. The molecule has 158 valence electrons. The minimum atomic E-state index is -0.770. The van der Waals surface area contributed by atoms with Crippen LogP contribution in [0.1, 0.15) is 50.0 Å². The monoisotopic (exact) mass is 425 g/mol. The summed E-state index contributed by atoms with van der Waals surface area (Å²) in [5.74, 6) is -3.46. The first-order valence-electron chi connectivity index (χ1n) is 10.2. The number of amides is 3. The van der Waals surface area contributed by atoms with Gasteiger partial charge < -0.3 is 16.0 Å². The molecule has 4 rings (SSSR count). The summed E-state index contributed by atoms with van der Waals surface area (Å²) in [5.41, 5.74) is 4.94. The van der Waals surface area contributed by atoms with Gasteiger partial charge >= 0.3 is 6.03 Å². The lowest BCUT2D eigenvalue weighted by Gasteiger charge is -2.60. The van der Waals surface area contributed by atoms with E-state index in [-0.39, 0.29) is 22.5 Å². The second kappa shape index (κ2) is 7.42. The summed E-state index contributed by atoms with van der Waals surface area (Å²) in [6, 6.07) is 2.16. The normalized spacial score (nSPS) is 30.9. The van der Waals surface area contributed by atoms with Gasteiger partial charge in [-0.05, 0) is 49.7 Å². The molecule has 5 nitrogen and oxygen atoms in total. The van der Waals surface area contributed by atoms with Gasteiger partial charge in [0.25, 0.3) is 0 Å². The van der Waals surface area contributed by atoms with Crippen LogP contribution >= 0.6 is 11.6 Å². The summed E-state index contributed by atoms with van der Waals surface area (Å²) in [6.07, 6.45) is 4.60. The van der Waals surface area contributed by atoms with Gasteiger partial charge in [0.1, 0.15) is 11.6 Å². The van der Waals surface area contributed by atoms with Crippen LogP contribution in [0.3, 0.4) is 0 Å². The van der Waals surface area contributed by atoms with Crippen LogP contribution in [0.2, 0.25) is 5.02 Å². The van der Waals surface area contributed by atoms with E-state index in [1.54, 1.807) is 11.9 Å². The minimum absolute atomic E-state index is 0.0121. The summed E-state index contributed by atoms with van der Waals surface area (Å²) in [5, 5.41) is 2.90. The van der Waals surface area contributed by atoms with Gasteiger partial charge in [0.05, 0.1) is 5.02 Å². The second-order valence-electron chi connectivity index (χ2n) is 8.82. The van der Waals surface area contributed by atoms with Gasteiger partial charge in [-0.3, -0.25) is 4.79 Å².